The molecule has 2 aromatic rings. The predicted molar refractivity (Wildman–Crippen MR) is 93.9 cm³/mol. The number of amides is 2. The molecule has 122 valence electrons. The summed E-state index contributed by atoms with van der Waals surface area (Å²) in [5, 5.41) is 5.12. The summed E-state index contributed by atoms with van der Waals surface area (Å²) in [4.78, 5) is 16.0. The molecule has 1 aromatic heterocycles. The van der Waals surface area contributed by atoms with Crippen LogP contribution in [0.15, 0.2) is 41.8 Å². The molecule has 1 saturated heterocycles. The number of ether oxygens (including phenoxy) is 1. The molecule has 3 rings (SSSR count). The fourth-order valence-electron chi connectivity index (χ4n) is 2.83. The van der Waals surface area contributed by atoms with E-state index in [1.807, 2.05) is 42.2 Å². The minimum Gasteiger partial charge on any atom is -0.381 e. The Morgan fingerprint density at radius 1 is 1.26 bits per heavy atom. The average molecular weight is 330 g/mol. The van der Waals surface area contributed by atoms with Gasteiger partial charge in [-0.1, -0.05) is 24.3 Å². The maximum Gasteiger partial charge on any atom is 0.322 e. The van der Waals surface area contributed by atoms with Gasteiger partial charge in [0.25, 0.3) is 0 Å². The highest BCUT2D eigenvalue weighted by Gasteiger charge is 2.26. The quantitative estimate of drug-likeness (QED) is 0.909. The second-order valence-corrected chi connectivity index (χ2v) is 6.83. The predicted octanol–water partition coefficient (Wildman–Crippen LogP) is 4.27. The number of thiophene rings is 1. The molecule has 23 heavy (non-hydrogen) atoms. The third-order valence-electron chi connectivity index (χ3n) is 4.19. The van der Waals surface area contributed by atoms with Gasteiger partial charge < -0.3 is 15.0 Å². The molecule has 1 aromatic carbocycles. The van der Waals surface area contributed by atoms with Gasteiger partial charge in [0, 0.05) is 29.8 Å². The minimum atomic E-state index is -0.0281. The second-order valence-electron chi connectivity index (χ2n) is 5.80. The molecule has 1 aliphatic heterocycles. The van der Waals surface area contributed by atoms with Crippen LogP contribution < -0.4 is 5.32 Å². The maximum absolute atomic E-state index is 12.9. The van der Waals surface area contributed by atoms with Crippen LogP contribution in [-0.4, -0.2) is 30.2 Å². The zero-order valence-corrected chi connectivity index (χ0v) is 14.1. The van der Waals surface area contributed by atoms with E-state index < -0.39 is 0 Å². The van der Waals surface area contributed by atoms with Crippen LogP contribution >= 0.6 is 11.3 Å². The topological polar surface area (TPSA) is 41.6 Å². The number of nitrogens with zero attached hydrogens (tertiary/aromatic N) is 1. The zero-order chi connectivity index (χ0) is 16.1. The van der Waals surface area contributed by atoms with E-state index in [4.69, 9.17) is 4.74 Å². The Morgan fingerprint density at radius 2 is 2.04 bits per heavy atom. The second kappa shape index (κ2) is 7.62. The van der Waals surface area contributed by atoms with Gasteiger partial charge in [0.15, 0.2) is 0 Å². The average Bonchev–Trinajstić information content (AvgIpc) is 3.09. The van der Waals surface area contributed by atoms with E-state index in [0.29, 0.717) is 6.54 Å². The molecule has 0 unspecified atom stereocenters. The van der Waals surface area contributed by atoms with Gasteiger partial charge in [0.2, 0.25) is 0 Å². The van der Waals surface area contributed by atoms with Crippen molar-refractivity contribution in [3.63, 3.8) is 0 Å². The Bertz CT molecular complexity index is 636. The summed E-state index contributed by atoms with van der Waals surface area (Å²) in [6.45, 7) is 4.11. The van der Waals surface area contributed by atoms with Crippen molar-refractivity contribution in [1.29, 1.82) is 0 Å². The van der Waals surface area contributed by atoms with Crippen LogP contribution in [0.4, 0.5) is 10.5 Å². The highest BCUT2D eigenvalue weighted by atomic mass is 32.1. The van der Waals surface area contributed by atoms with Crippen molar-refractivity contribution >= 4 is 23.1 Å². The van der Waals surface area contributed by atoms with E-state index >= 15 is 0 Å². The first-order valence-electron chi connectivity index (χ1n) is 7.97. The number of urea groups is 1. The van der Waals surface area contributed by atoms with E-state index in [2.05, 4.69) is 16.8 Å². The largest absolute Gasteiger partial charge is 0.381 e. The summed E-state index contributed by atoms with van der Waals surface area (Å²) in [6.07, 6.45) is 1.79. The molecule has 1 aliphatic rings. The molecule has 4 nitrogen and oxygen atoms in total. The summed E-state index contributed by atoms with van der Waals surface area (Å²) in [7, 11) is 0. The van der Waals surface area contributed by atoms with Crippen LogP contribution in [0.3, 0.4) is 0 Å². The number of para-hydroxylation sites is 1. The molecule has 0 radical (unpaired) electrons. The van der Waals surface area contributed by atoms with Crippen LogP contribution in [0.5, 0.6) is 0 Å². The summed E-state index contributed by atoms with van der Waals surface area (Å²) < 4.78 is 5.45. The fraction of sp³-hybridized carbons (Fsp3) is 0.389. The smallest absolute Gasteiger partial charge is 0.322 e. The molecule has 0 spiro atoms. The lowest BCUT2D eigenvalue weighted by atomic mass is 10.1. The van der Waals surface area contributed by atoms with Gasteiger partial charge in [-0.15, -0.1) is 11.3 Å². The third-order valence-corrected chi connectivity index (χ3v) is 5.05. The first-order chi connectivity index (χ1) is 11.2. The highest BCUT2D eigenvalue weighted by Crippen LogP contribution is 2.22. The number of hydrogen-bond donors (Lipinski definition) is 1. The summed E-state index contributed by atoms with van der Waals surface area (Å²) in [5.74, 6) is 0. The van der Waals surface area contributed by atoms with Crippen LogP contribution in [0.2, 0.25) is 0 Å². The lowest BCUT2D eigenvalue weighted by molar-refractivity contribution is 0.0462. The molecule has 0 saturated carbocycles. The van der Waals surface area contributed by atoms with Crippen molar-refractivity contribution in [2.75, 3.05) is 18.5 Å². The highest BCUT2D eigenvalue weighted by molar-refractivity contribution is 7.09. The summed E-state index contributed by atoms with van der Waals surface area (Å²) in [6, 6.07) is 12.2. The van der Waals surface area contributed by atoms with E-state index in [-0.39, 0.29) is 12.1 Å². The lowest BCUT2D eigenvalue weighted by Crippen LogP contribution is -2.45. The SMILES string of the molecule is Cc1ccccc1NC(=O)N(Cc1cccs1)C1CCOCC1. The van der Waals surface area contributed by atoms with Crippen LogP contribution in [0, 0.1) is 6.92 Å². The summed E-state index contributed by atoms with van der Waals surface area (Å²) in [5.41, 5.74) is 1.95. The molecule has 0 bridgehead atoms. The van der Waals surface area contributed by atoms with Gasteiger partial charge in [-0.05, 0) is 42.8 Å². The molecule has 5 heteroatoms. The first-order valence-corrected chi connectivity index (χ1v) is 8.85. The van der Waals surface area contributed by atoms with Crippen molar-refractivity contribution in [1.82, 2.24) is 4.90 Å². The van der Waals surface area contributed by atoms with Crippen LogP contribution in [0.25, 0.3) is 0 Å². The molecule has 2 heterocycles. The molecular weight excluding hydrogens is 308 g/mol. The van der Waals surface area contributed by atoms with Crippen molar-refractivity contribution in [2.24, 2.45) is 0 Å². The van der Waals surface area contributed by atoms with E-state index in [1.165, 1.54) is 4.88 Å². The Morgan fingerprint density at radius 3 is 2.74 bits per heavy atom. The lowest BCUT2D eigenvalue weighted by Gasteiger charge is -2.34. The molecule has 0 aliphatic carbocycles. The fourth-order valence-corrected chi connectivity index (χ4v) is 3.54. The Kier molecular flexibility index (Phi) is 5.31. The standard InChI is InChI=1S/C18H22N2O2S/c1-14-5-2-3-7-17(14)19-18(21)20(13-16-6-4-12-23-16)15-8-10-22-11-9-15/h2-7,12,15H,8-11,13H2,1H3,(H,19,21). The molecule has 2 amide bonds. The van der Waals surface area contributed by atoms with Crippen LogP contribution in [-0.2, 0) is 11.3 Å². The van der Waals surface area contributed by atoms with E-state index in [0.717, 1.165) is 37.3 Å². The number of rotatable bonds is 4. The maximum atomic E-state index is 12.9. The molecular formula is C18H22N2O2S. The third kappa shape index (κ3) is 4.12. The Labute approximate surface area is 141 Å². The number of hydrogen-bond acceptors (Lipinski definition) is 3. The number of carbonyl (C=O) groups is 1. The first kappa shape index (κ1) is 16.0. The molecule has 1 N–H and O–H groups in total. The Balaban J connectivity index is 1.76. The molecule has 0 atom stereocenters. The Hall–Kier alpha value is -1.85. The van der Waals surface area contributed by atoms with Gasteiger partial charge in [-0.3, -0.25) is 0 Å². The number of carbonyl (C=O) groups excluding carboxylic acids is 1. The van der Waals surface area contributed by atoms with Gasteiger partial charge in [-0.25, -0.2) is 4.79 Å². The van der Waals surface area contributed by atoms with Gasteiger partial charge in [0.1, 0.15) is 0 Å². The normalized spacial score (nSPS) is 15.3. The van der Waals surface area contributed by atoms with Gasteiger partial charge in [0.05, 0.1) is 6.54 Å². The molecule has 1 fully saturated rings. The zero-order valence-electron chi connectivity index (χ0n) is 13.3. The van der Waals surface area contributed by atoms with Crippen molar-refractivity contribution < 1.29 is 9.53 Å². The van der Waals surface area contributed by atoms with Gasteiger partial charge in [-0.2, -0.15) is 0 Å². The van der Waals surface area contributed by atoms with Crippen molar-refractivity contribution in [2.45, 2.75) is 32.4 Å². The number of nitrogens with one attached hydrogen (secondary N) is 1. The number of anilines is 1. The van der Waals surface area contributed by atoms with E-state index in [9.17, 15) is 4.79 Å². The summed E-state index contributed by atoms with van der Waals surface area (Å²) >= 11 is 1.69. The number of benzene rings is 1. The van der Waals surface area contributed by atoms with Crippen molar-refractivity contribution in [3.05, 3.63) is 52.2 Å². The van der Waals surface area contributed by atoms with Crippen LogP contribution in [0.1, 0.15) is 23.3 Å². The van der Waals surface area contributed by atoms with E-state index in [1.54, 1.807) is 11.3 Å². The van der Waals surface area contributed by atoms with Gasteiger partial charge >= 0.3 is 6.03 Å². The van der Waals surface area contributed by atoms with Crippen molar-refractivity contribution in [3.8, 4) is 0 Å². The minimum absolute atomic E-state index is 0.0281. The monoisotopic (exact) mass is 330 g/mol. The number of aryl methyl sites for hydroxylation is 1.